The molecular formula is C24H28N2O2. The largest absolute Gasteiger partial charge is 0.326 e. The Hall–Kier alpha value is -2.46. The first-order chi connectivity index (χ1) is 13.7. The molecule has 0 bridgehead atoms. The normalized spacial score (nSPS) is 22.3. The Morgan fingerprint density at radius 3 is 2.54 bits per heavy atom. The minimum Gasteiger partial charge on any atom is -0.326 e. The number of ketones is 1. The van der Waals surface area contributed by atoms with E-state index in [0.29, 0.717) is 35.2 Å². The van der Waals surface area contributed by atoms with E-state index in [1.54, 1.807) is 12.1 Å². The Labute approximate surface area is 166 Å². The predicted octanol–water partition coefficient (Wildman–Crippen LogP) is 4.51. The number of hydrogen-bond donors (Lipinski definition) is 1. The lowest BCUT2D eigenvalue weighted by Crippen LogP contribution is -2.48. The van der Waals surface area contributed by atoms with E-state index < -0.39 is 0 Å². The number of carbonyl (C=O) groups excluding carboxylic acids is 2. The topological polar surface area (TPSA) is 49.4 Å². The quantitative estimate of drug-likeness (QED) is 0.781. The summed E-state index contributed by atoms with van der Waals surface area (Å²) in [6, 6.07) is 17.1. The molecule has 2 heterocycles. The molecule has 146 valence electrons. The molecule has 2 aromatic carbocycles. The maximum atomic E-state index is 12.7. The number of piperidine rings is 2. The molecule has 0 aliphatic carbocycles. The van der Waals surface area contributed by atoms with Gasteiger partial charge < -0.3 is 10.2 Å². The second kappa shape index (κ2) is 8.70. The van der Waals surface area contributed by atoms with Gasteiger partial charge in [0.05, 0.1) is 0 Å². The van der Waals surface area contributed by atoms with Crippen LogP contribution in [0.2, 0.25) is 0 Å². The molecule has 4 heteroatoms. The summed E-state index contributed by atoms with van der Waals surface area (Å²) >= 11 is 0. The second-order valence-electron chi connectivity index (χ2n) is 8.03. The molecule has 1 N–H and O–H groups in total. The zero-order valence-electron chi connectivity index (χ0n) is 16.3. The zero-order valence-corrected chi connectivity index (χ0v) is 16.3. The first-order valence-electron chi connectivity index (χ1n) is 10.4. The van der Waals surface area contributed by atoms with Gasteiger partial charge in [-0.15, -0.1) is 0 Å². The lowest BCUT2D eigenvalue weighted by molar-refractivity contribution is -0.118. The summed E-state index contributed by atoms with van der Waals surface area (Å²) in [6.07, 6.45) is 6.69. The first kappa shape index (κ1) is 18.9. The monoisotopic (exact) mass is 376 g/mol. The Morgan fingerprint density at radius 1 is 0.893 bits per heavy atom. The van der Waals surface area contributed by atoms with Crippen molar-refractivity contribution < 1.29 is 9.59 Å². The summed E-state index contributed by atoms with van der Waals surface area (Å²) in [4.78, 5) is 27.9. The fourth-order valence-electron chi connectivity index (χ4n) is 4.76. The number of anilines is 1. The third-order valence-corrected chi connectivity index (χ3v) is 6.12. The van der Waals surface area contributed by atoms with E-state index in [1.807, 2.05) is 42.5 Å². The van der Waals surface area contributed by atoms with Gasteiger partial charge >= 0.3 is 0 Å². The minimum atomic E-state index is -0.0261. The molecule has 2 saturated heterocycles. The predicted molar refractivity (Wildman–Crippen MR) is 111 cm³/mol. The highest BCUT2D eigenvalue weighted by Gasteiger charge is 2.33. The van der Waals surface area contributed by atoms with E-state index >= 15 is 0 Å². The lowest BCUT2D eigenvalue weighted by atomic mass is 9.81. The number of benzene rings is 2. The molecule has 0 unspecified atom stereocenters. The Kier molecular flexibility index (Phi) is 5.87. The summed E-state index contributed by atoms with van der Waals surface area (Å²) in [5.74, 6) is 0.478. The smallest absolute Gasteiger partial charge is 0.224 e. The van der Waals surface area contributed by atoms with Crippen molar-refractivity contribution >= 4 is 17.4 Å². The summed E-state index contributed by atoms with van der Waals surface area (Å²) in [5, 5.41) is 3.02. The molecule has 0 radical (unpaired) electrons. The van der Waals surface area contributed by atoms with Gasteiger partial charge in [-0.1, -0.05) is 48.9 Å². The highest BCUT2D eigenvalue weighted by Crippen LogP contribution is 2.33. The molecule has 2 aromatic rings. The first-order valence-corrected chi connectivity index (χ1v) is 10.4. The van der Waals surface area contributed by atoms with Crippen LogP contribution in [-0.4, -0.2) is 35.7 Å². The van der Waals surface area contributed by atoms with Crippen LogP contribution in [0.25, 0.3) is 0 Å². The maximum absolute atomic E-state index is 12.7. The van der Waals surface area contributed by atoms with E-state index in [-0.39, 0.29) is 11.7 Å². The van der Waals surface area contributed by atoms with Crippen LogP contribution in [0.5, 0.6) is 0 Å². The second-order valence-corrected chi connectivity index (χ2v) is 8.03. The average Bonchev–Trinajstić information content (AvgIpc) is 2.74. The molecule has 2 aliphatic rings. The van der Waals surface area contributed by atoms with Gasteiger partial charge in [-0.25, -0.2) is 0 Å². The van der Waals surface area contributed by atoms with Crippen molar-refractivity contribution in [1.82, 2.24) is 4.90 Å². The van der Waals surface area contributed by atoms with E-state index in [9.17, 15) is 9.59 Å². The number of fused-ring (bicyclic) bond motifs is 1. The number of hydrogen-bond acceptors (Lipinski definition) is 3. The standard InChI is InChI=1S/C24H28N2O2/c27-23(17-19-11-7-15-26-14-5-4-13-22(19)26)25-21-12-6-10-20(16-21)24(28)18-8-2-1-3-9-18/h1-3,6,8-10,12,16,19,22H,4-5,7,11,13-15,17H2,(H,25,27)/t19-,22-/m1/s1. The summed E-state index contributed by atoms with van der Waals surface area (Å²) in [7, 11) is 0. The molecule has 28 heavy (non-hydrogen) atoms. The highest BCUT2D eigenvalue weighted by molar-refractivity contribution is 6.09. The van der Waals surface area contributed by atoms with Crippen LogP contribution in [0.1, 0.15) is 54.4 Å². The molecule has 2 fully saturated rings. The Balaban J connectivity index is 1.40. The molecule has 2 aliphatic heterocycles. The zero-order chi connectivity index (χ0) is 19.3. The summed E-state index contributed by atoms with van der Waals surface area (Å²) in [5.41, 5.74) is 1.95. The minimum absolute atomic E-state index is 0.0261. The van der Waals surface area contributed by atoms with Crippen molar-refractivity contribution in [2.75, 3.05) is 18.4 Å². The Morgan fingerprint density at radius 2 is 1.68 bits per heavy atom. The van der Waals surface area contributed by atoms with Gasteiger partial charge in [-0.2, -0.15) is 0 Å². The fourth-order valence-corrected chi connectivity index (χ4v) is 4.76. The van der Waals surface area contributed by atoms with Crippen molar-refractivity contribution in [2.24, 2.45) is 5.92 Å². The molecule has 0 spiro atoms. The number of nitrogens with one attached hydrogen (secondary N) is 1. The van der Waals surface area contributed by atoms with E-state index in [4.69, 9.17) is 0 Å². The fraction of sp³-hybridized carbons (Fsp3) is 0.417. The summed E-state index contributed by atoms with van der Waals surface area (Å²) in [6.45, 7) is 2.37. The Bertz CT molecular complexity index is 832. The van der Waals surface area contributed by atoms with Crippen LogP contribution in [-0.2, 0) is 4.79 Å². The molecular weight excluding hydrogens is 348 g/mol. The van der Waals surface area contributed by atoms with Gasteiger partial charge in [0.25, 0.3) is 0 Å². The van der Waals surface area contributed by atoms with Gasteiger partial charge in [0.2, 0.25) is 5.91 Å². The van der Waals surface area contributed by atoms with Crippen LogP contribution in [0.3, 0.4) is 0 Å². The van der Waals surface area contributed by atoms with Gasteiger partial charge in [-0.05, 0) is 56.8 Å². The van der Waals surface area contributed by atoms with Crippen molar-refractivity contribution in [3.8, 4) is 0 Å². The average molecular weight is 377 g/mol. The molecule has 4 rings (SSSR count). The number of rotatable bonds is 5. The van der Waals surface area contributed by atoms with Gasteiger partial charge in [0.1, 0.15) is 0 Å². The maximum Gasteiger partial charge on any atom is 0.224 e. The number of amides is 1. The van der Waals surface area contributed by atoms with Crippen LogP contribution in [0.15, 0.2) is 54.6 Å². The number of carbonyl (C=O) groups is 2. The van der Waals surface area contributed by atoms with Crippen LogP contribution < -0.4 is 5.32 Å². The van der Waals surface area contributed by atoms with Crippen molar-refractivity contribution in [3.63, 3.8) is 0 Å². The van der Waals surface area contributed by atoms with Crippen molar-refractivity contribution in [1.29, 1.82) is 0 Å². The SMILES string of the molecule is O=C(C[C@H]1CCCN2CCCC[C@H]12)Nc1cccc(C(=O)c2ccccc2)c1. The van der Waals surface area contributed by atoms with Crippen LogP contribution >= 0.6 is 0 Å². The highest BCUT2D eigenvalue weighted by atomic mass is 16.1. The molecule has 4 nitrogen and oxygen atoms in total. The van der Waals surface area contributed by atoms with Crippen molar-refractivity contribution in [2.45, 2.75) is 44.6 Å². The van der Waals surface area contributed by atoms with E-state index in [2.05, 4.69) is 10.2 Å². The third-order valence-electron chi connectivity index (χ3n) is 6.12. The van der Waals surface area contributed by atoms with E-state index in [0.717, 1.165) is 6.42 Å². The molecule has 1 amide bonds. The van der Waals surface area contributed by atoms with Crippen molar-refractivity contribution in [3.05, 3.63) is 65.7 Å². The van der Waals surface area contributed by atoms with E-state index in [1.165, 1.54) is 38.8 Å². The molecule has 0 saturated carbocycles. The molecule has 0 aromatic heterocycles. The number of nitrogens with zero attached hydrogens (tertiary/aromatic N) is 1. The molecule has 2 atom stereocenters. The lowest BCUT2D eigenvalue weighted by Gasteiger charge is -2.44. The van der Waals surface area contributed by atoms with Gasteiger partial charge in [-0.3, -0.25) is 9.59 Å². The third kappa shape index (κ3) is 4.33. The van der Waals surface area contributed by atoms with Crippen LogP contribution in [0, 0.1) is 5.92 Å². The van der Waals surface area contributed by atoms with Gasteiger partial charge in [0, 0.05) is 29.3 Å². The summed E-state index contributed by atoms with van der Waals surface area (Å²) < 4.78 is 0. The van der Waals surface area contributed by atoms with Gasteiger partial charge in [0.15, 0.2) is 5.78 Å². The van der Waals surface area contributed by atoms with Crippen LogP contribution in [0.4, 0.5) is 5.69 Å².